The highest BCUT2D eigenvalue weighted by Crippen LogP contribution is 2.36. The van der Waals surface area contributed by atoms with Gasteiger partial charge in [-0.05, 0) is 12.8 Å². The van der Waals surface area contributed by atoms with Gasteiger partial charge in [-0.3, -0.25) is 4.79 Å². The molecule has 5 nitrogen and oxygen atoms in total. The molecule has 1 N–H and O–H groups in total. The average molecular weight is 286 g/mol. The molecular weight excluding hydrogens is 264 g/mol. The zero-order valence-corrected chi connectivity index (χ0v) is 12.9. The lowest BCUT2D eigenvalue weighted by atomic mass is 9.74. The van der Waals surface area contributed by atoms with Crippen LogP contribution in [0, 0.1) is 16.7 Å². The Labute approximate surface area is 125 Å². The summed E-state index contributed by atoms with van der Waals surface area (Å²) in [6.07, 6.45) is 7.45. The van der Waals surface area contributed by atoms with E-state index < -0.39 is 5.41 Å². The molecule has 1 amide bonds. The second kappa shape index (κ2) is 5.80. The smallest absolute Gasteiger partial charge is 0.244 e. The predicted molar refractivity (Wildman–Crippen MR) is 80.5 cm³/mol. The SMILES string of the molecule is CC(C)(C)c1ncc(NC(=O)C2(C#N)CCCCC2)cn1. The van der Waals surface area contributed by atoms with Crippen molar-refractivity contribution in [2.45, 2.75) is 58.3 Å². The summed E-state index contributed by atoms with van der Waals surface area (Å²) in [5.74, 6) is 0.505. The minimum atomic E-state index is -0.888. The number of nitriles is 1. The number of hydrogen-bond acceptors (Lipinski definition) is 4. The van der Waals surface area contributed by atoms with Gasteiger partial charge in [-0.2, -0.15) is 5.26 Å². The van der Waals surface area contributed by atoms with E-state index in [1.807, 2.05) is 20.8 Å². The maximum absolute atomic E-state index is 12.4. The van der Waals surface area contributed by atoms with Gasteiger partial charge < -0.3 is 5.32 Å². The number of anilines is 1. The highest BCUT2D eigenvalue weighted by atomic mass is 16.2. The van der Waals surface area contributed by atoms with Crippen molar-refractivity contribution in [2.24, 2.45) is 5.41 Å². The third-order valence-corrected chi connectivity index (χ3v) is 3.94. The zero-order chi connectivity index (χ0) is 15.5. The van der Waals surface area contributed by atoms with Gasteiger partial charge in [0.25, 0.3) is 0 Å². The average Bonchev–Trinajstić information content (AvgIpc) is 2.47. The van der Waals surface area contributed by atoms with Gasteiger partial charge in [0.1, 0.15) is 11.2 Å². The molecule has 1 fully saturated rings. The summed E-state index contributed by atoms with van der Waals surface area (Å²) in [5, 5.41) is 12.2. The Hall–Kier alpha value is -1.96. The molecule has 1 aromatic heterocycles. The maximum atomic E-state index is 12.4. The number of amides is 1. The van der Waals surface area contributed by atoms with Crippen molar-refractivity contribution in [1.82, 2.24) is 9.97 Å². The number of carbonyl (C=O) groups is 1. The standard InChI is InChI=1S/C16H22N4O/c1-15(2,3)13-18-9-12(10-19-13)20-14(21)16(11-17)7-5-4-6-8-16/h9-10H,4-8H2,1-3H3,(H,20,21). The van der Waals surface area contributed by atoms with Crippen molar-refractivity contribution in [2.75, 3.05) is 5.32 Å². The Kier molecular flexibility index (Phi) is 4.26. The number of nitrogens with zero attached hydrogens (tertiary/aromatic N) is 3. The van der Waals surface area contributed by atoms with Crippen molar-refractivity contribution in [3.63, 3.8) is 0 Å². The van der Waals surface area contributed by atoms with Gasteiger partial charge in [0, 0.05) is 5.41 Å². The lowest BCUT2D eigenvalue weighted by Gasteiger charge is -2.29. The molecule has 1 aliphatic carbocycles. The van der Waals surface area contributed by atoms with Crippen LogP contribution in [0.15, 0.2) is 12.4 Å². The molecule has 1 aliphatic rings. The molecule has 0 aliphatic heterocycles. The lowest BCUT2D eigenvalue weighted by Crippen LogP contribution is -2.36. The van der Waals surface area contributed by atoms with Crippen molar-refractivity contribution in [3.8, 4) is 6.07 Å². The molecular formula is C16H22N4O. The second-order valence-corrected chi connectivity index (χ2v) is 6.75. The monoisotopic (exact) mass is 286 g/mol. The molecule has 2 rings (SSSR count). The van der Waals surface area contributed by atoms with Crippen molar-refractivity contribution >= 4 is 11.6 Å². The van der Waals surface area contributed by atoms with E-state index in [4.69, 9.17) is 0 Å². The van der Waals surface area contributed by atoms with Crippen molar-refractivity contribution < 1.29 is 4.79 Å². The van der Waals surface area contributed by atoms with E-state index in [2.05, 4.69) is 21.4 Å². The summed E-state index contributed by atoms with van der Waals surface area (Å²) < 4.78 is 0. The summed E-state index contributed by atoms with van der Waals surface area (Å²) in [6, 6.07) is 2.22. The zero-order valence-electron chi connectivity index (χ0n) is 12.9. The van der Waals surface area contributed by atoms with E-state index in [0.717, 1.165) is 25.1 Å². The molecule has 112 valence electrons. The molecule has 1 heterocycles. The molecule has 0 radical (unpaired) electrons. The molecule has 0 unspecified atom stereocenters. The van der Waals surface area contributed by atoms with E-state index in [1.54, 1.807) is 12.4 Å². The van der Waals surface area contributed by atoms with E-state index in [0.29, 0.717) is 18.5 Å². The maximum Gasteiger partial charge on any atom is 0.244 e. The summed E-state index contributed by atoms with van der Waals surface area (Å²) in [5.41, 5.74) is -0.464. The van der Waals surface area contributed by atoms with E-state index in [9.17, 15) is 10.1 Å². The third-order valence-electron chi connectivity index (χ3n) is 3.94. The van der Waals surface area contributed by atoms with Gasteiger partial charge in [0.2, 0.25) is 5.91 Å². The highest BCUT2D eigenvalue weighted by molar-refractivity contribution is 5.97. The largest absolute Gasteiger partial charge is 0.322 e. The quantitative estimate of drug-likeness (QED) is 0.905. The van der Waals surface area contributed by atoms with Crippen LogP contribution in [0.2, 0.25) is 0 Å². The fourth-order valence-electron chi connectivity index (χ4n) is 2.58. The summed E-state index contributed by atoms with van der Waals surface area (Å²) >= 11 is 0. The van der Waals surface area contributed by atoms with Crippen LogP contribution in [-0.2, 0) is 10.2 Å². The number of hydrogen-bond donors (Lipinski definition) is 1. The molecule has 0 bridgehead atoms. The normalized spacial score (nSPS) is 17.8. The Morgan fingerprint density at radius 3 is 2.29 bits per heavy atom. The fraction of sp³-hybridized carbons (Fsp3) is 0.625. The van der Waals surface area contributed by atoms with E-state index in [1.165, 1.54) is 0 Å². The van der Waals surface area contributed by atoms with Gasteiger partial charge in [-0.1, -0.05) is 40.0 Å². The topological polar surface area (TPSA) is 78.7 Å². The van der Waals surface area contributed by atoms with E-state index in [-0.39, 0.29) is 11.3 Å². The van der Waals surface area contributed by atoms with Crippen LogP contribution in [0.4, 0.5) is 5.69 Å². The Balaban J connectivity index is 2.11. The Morgan fingerprint density at radius 2 is 1.81 bits per heavy atom. The molecule has 1 saturated carbocycles. The van der Waals surface area contributed by atoms with Gasteiger partial charge in [0.05, 0.1) is 24.2 Å². The molecule has 1 aromatic rings. The minimum Gasteiger partial charge on any atom is -0.322 e. The van der Waals surface area contributed by atoms with Crippen LogP contribution in [-0.4, -0.2) is 15.9 Å². The summed E-state index contributed by atoms with van der Waals surface area (Å²) in [7, 11) is 0. The molecule has 0 spiro atoms. The van der Waals surface area contributed by atoms with Crippen LogP contribution in [0.5, 0.6) is 0 Å². The first kappa shape index (κ1) is 15.4. The third kappa shape index (κ3) is 3.38. The van der Waals surface area contributed by atoms with Crippen LogP contribution in [0.3, 0.4) is 0 Å². The summed E-state index contributed by atoms with van der Waals surface area (Å²) in [6.45, 7) is 6.11. The molecule has 21 heavy (non-hydrogen) atoms. The predicted octanol–water partition coefficient (Wildman–Crippen LogP) is 3.19. The van der Waals surface area contributed by atoms with Gasteiger partial charge in [0.15, 0.2) is 0 Å². The molecule has 0 saturated heterocycles. The first-order valence-electron chi connectivity index (χ1n) is 7.43. The van der Waals surface area contributed by atoms with Crippen LogP contribution < -0.4 is 5.32 Å². The highest BCUT2D eigenvalue weighted by Gasteiger charge is 2.39. The Morgan fingerprint density at radius 1 is 1.24 bits per heavy atom. The lowest BCUT2D eigenvalue weighted by molar-refractivity contribution is -0.124. The first-order valence-corrected chi connectivity index (χ1v) is 7.43. The van der Waals surface area contributed by atoms with Crippen molar-refractivity contribution in [3.05, 3.63) is 18.2 Å². The van der Waals surface area contributed by atoms with Crippen LogP contribution in [0.25, 0.3) is 0 Å². The molecule has 0 aromatic carbocycles. The Bertz CT molecular complexity index is 545. The summed E-state index contributed by atoms with van der Waals surface area (Å²) in [4.78, 5) is 21.0. The number of nitrogens with one attached hydrogen (secondary N) is 1. The first-order chi connectivity index (χ1) is 9.87. The van der Waals surface area contributed by atoms with Gasteiger partial charge in [-0.15, -0.1) is 0 Å². The molecule has 0 atom stereocenters. The minimum absolute atomic E-state index is 0.125. The number of carbonyl (C=O) groups excluding carboxylic acids is 1. The fourth-order valence-corrected chi connectivity index (χ4v) is 2.58. The van der Waals surface area contributed by atoms with Gasteiger partial charge >= 0.3 is 0 Å². The number of aromatic nitrogens is 2. The van der Waals surface area contributed by atoms with Crippen LogP contribution in [0.1, 0.15) is 58.7 Å². The van der Waals surface area contributed by atoms with E-state index >= 15 is 0 Å². The molecule has 5 heteroatoms. The second-order valence-electron chi connectivity index (χ2n) is 6.75. The number of rotatable bonds is 2. The van der Waals surface area contributed by atoms with Gasteiger partial charge in [-0.25, -0.2) is 9.97 Å². The van der Waals surface area contributed by atoms with Crippen molar-refractivity contribution in [1.29, 1.82) is 5.26 Å². The van der Waals surface area contributed by atoms with Crippen LogP contribution >= 0.6 is 0 Å².